The quantitative estimate of drug-likeness (QED) is 0.845. The van der Waals surface area contributed by atoms with Gasteiger partial charge in [-0.2, -0.15) is 0 Å². The molecule has 1 amide bonds. The topological polar surface area (TPSA) is 51.7 Å². The number of benzene rings is 1. The third-order valence-electron chi connectivity index (χ3n) is 4.95. The molecule has 2 aliphatic rings. The van der Waals surface area contributed by atoms with Crippen LogP contribution in [0.15, 0.2) is 48.7 Å². The summed E-state index contributed by atoms with van der Waals surface area (Å²) in [5, 5.41) is 0. The van der Waals surface area contributed by atoms with Crippen molar-refractivity contribution in [2.24, 2.45) is 0 Å². The summed E-state index contributed by atoms with van der Waals surface area (Å²) < 4.78 is 12.0. The lowest BCUT2D eigenvalue weighted by molar-refractivity contribution is -0.135. The second kappa shape index (κ2) is 6.84. The lowest BCUT2D eigenvalue weighted by Crippen LogP contribution is -2.51. The predicted octanol–water partition coefficient (Wildman–Crippen LogP) is 2.59. The van der Waals surface area contributed by atoms with E-state index in [1.807, 2.05) is 47.4 Å². The Kier molecular flexibility index (Phi) is 4.40. The number of carbonyl (C=O) groups excluding carboxylic acids is 1. The number of hydrogen-bond donors (Lipinski definition) is 0. The summed E-state index contributed by atoms with van der Waals surface area (Å²) in [5.41, 5.74) is 1.50. The minimum Gasteiger partial charge on any atom is -0.485 e. The highest BCUT2D eigenvalue weighted by Crippen LogP contribution is 2.35. The summed E-state index contributed by atoms with van der Waals surface area (Å²) in [6.07, 6.45) is 3.64. The van der Waals surface area contributed by atoms with Crippen molar-refractivity contribution in [3.05, 3.63) is 59.9 Å². The Morgan fingerprint density at radius 3 is 2.72 bits per heavy atom. The zero-order valence-electron chi connectivity index (χ0n) is 14.2. The molecule has 0 aliphatic carbocycles. The van der Waals surface area contributed by atoms with Gasteiger partial charge in [0.2, 0.25) is 5.91 Å². The molecule has 1 aromatic heterocycles. The van der Waals surface area contributed by atoms with E-state index in [1.54, 1.807) is 6.20 Å². The first-order valence-electron chi connectivity index (χ1n) is 8.76. The van der Waals surface area contributed by atoms with Crippen molar-refractivity contribution < 1.29 is 14.3 Å². The summed E-state index contributed by atoms with van der Waals surface area (Å²) in [7, 11) is 0. The highest BCUT2D eigenvalue weighted by Gasteiger charge is 2.40. The molecule has 0 unspecified atom stereocenters. The van der Waals surface area contributed by atoms with Gasteiger partial charge in [0.15, 0.2) is 0 Å². The summed E-state index contributed by atoms with van der Waals surface area (Å²) in [6.45, 7) is 2.51. The fourth-order valence-corrected chi connectivity index (χ4v) is 3.56. The van der Waals surface area contributed by atoms with Gasteiger partial charge in [0, 0.05) is 36.8 Å². The Labute approximate surface area is 147 Å². The van der Waals surface area contributed by atoms with Gasteiger partial charge in [0.05, 0.1) is 26.2 Å². The molecule has 0 saturated carbocycles. The van der Waals surface area contributed by atoms with E-state index >= 15 is 0 Å². The fourth-order valence-electron chi connectivity index (χ4n) is 3.56. The van der Waals surface area contributed by atoms with Crippen molar-refractivity contribution in [3.63, 3.8) is 0 Å². The van der Waals surface area contributed by atoms with E-state index in [4.69, 9.17) is 9.47 Å². The van der Waals surface area contributed by atoms with Crippen molar-refractivity contribution in [2.75, 3.05) is 19.8 Å². The van der Waals surface area contributed by atoms with E-state index in [-0.39, 0.29) is 11.5 Å². The van der Waals surface area contributed by atoms with Crippen LogP contribution in [0.4, 0.5) is 0 Å². The van der Waals surface area contributed by atoms with Crippen LogP contribution in [0.5, 0.6) is 5.75 Å². The van der Waals surface area contributed by atoms with Gasteiger partial charge in [-0.25, -0.2) is 0 Å². The van der Waals surface area contributed by atoms with Crippen molar-refractivity contribution in [3.8, 4) is 5.75 Å². The van der Waals surface area contributed by atoms with Crippen LogP contribution >= 0.6 is 0 Å². The predicted molar refractivity (Wildman–Crippen MR) is 93.2 cm³/mol. The molecule has 0 N–H and O–H groups in total. The molecule has 4 rings (SSSR count). The van der Waals surface area contributed by atoms with E-state index in [0.717, 1.165) is 29.8 Å². The molecule has 2 aliphatic heterocycles. The number of amides is 1. The van der Waals surface area contributed by atoms with Crippen LogP contribution in [0, 0.1) is 0 Å². The maximum absolute atomic E-state index is 13.0. The van der Waals surface area contributed by atoms with Crippen LogP contribution in [-0.2, 0) is 22.5 Å². The number of carbonyl (C=O) groups is 1. The Bertz CT molecular complexity index is 742. The maximum atomic E-state index is 13.0. The summed E-state index contributed by atoms with van der Waals surface area (Å²) in [6, 6.07) is 13.7. The number of para-hydroxylation sites is 1. The molecule has 1 fully saturated rings. The maximum Gasteiger partial charge on any atom is 0.229 e. The third kappa shape index (κ3) is 3.51. The fraction of sp³-hybridized carbons (Fsp3) is 0.400. The van der Waals surface area contributed by atoms with Crippen molar-refractivity contribution in [2.45, 2.75) is 31.4 Å². The zero-order valence-corrected chi connectivity index (χ0v) is 14.2. The Hall–Kier alpha value is -2.40. The van der Waals surface area contributed by atoms with Gasteiger partial charge in [-0.3, -0.25) is 9.78 Å². The number of rotatable bonds is 2. The van der Waals surface area contributed by atoms with Gasteiger partial charge in [0.25, 0.3) is 0 Å². The van der Waals surface area contributed by atoms with Gasteiger partial charge in [-0.05, 0) is 18.2 Å². The van der Waals surface area contributed by atoms with Gasteiger partial charge >= 0.3 is 0 Å². The molecule has 2 aromatic rings. The Morgan fingerprint density at radius 2 is 1.92 bits per heavy atom. The van der Waals surface area contributed by atoms with Crippen molar-refractivity contribution in [1.29, 1.82) is 0 Å². The molecule has 0 atom stereocenters. The highest BCUT2D eigenvalue weighted by molar-refractivity contribution is 5.78. The largest absolute Gasteiger partial charge is 0.485 e. The van der Waals surface area contributed by atoms with Crippen LogP contribution in [0.1, 0.15) is 24.1 Å². The molecule has 1 aromatic carbocycles. The molecule has 0 bridgehead atoms. The second-order valence-electron chi connectivity index (χ2n) is 6.75. The van der Waals surface area contributed by atoms with Crippen molar-refractivity contribution >= 4 is 5.91 Å². The molecular weight excluding hydrogens is 316 g/mol. The van der Waals surface area contributed by atoms with E-state index in [9.17, 15) is 4.79 Å². The molecule has 3 heterocycles. The molecule has 5 heteroatoms. The van der Waals surface area contributed by atoms with Crippen LogP contribution in [0.25, 0.3) is 0 Å². The summed E-state index contributed by atoms with van der Waals surface area (Å²) >= 11 is 0. The highest BCUT2D eigenvalue weighted by atomic mass is 16.5. The number of pyridine rings is 1. The van der Waals surface area contributed by atoms with E-state index in [0.29, 0.717) is 32.7 Å². The smallest absolute Gasteiger partial charge is 0.229 e. The molecule has 25 heavy (non-hydrogen) atoms. The minimum atomic E-state index is -0.357. The van der Waals surface area contributed by atoms with E-state index in [1.165, 1.54) is 0 Å². The lowest BCUT2D eigenvalue weighted by Gasteiger charge is -2.38. The standard InChI is InChI=1S/C20H22N2O3/c23-19(13-17-6-3-4-10-21-17)22-14-16-5-1-2-7-18(16)25-20(15-22)8-11-24-12-9-20/h1-7,10H,8-9,11-15H2. The molecule has 5 nitrogen and oxygen atoms in total. The molecule has 1 saturated heterocycles. The monoisotopic (exact) mass is 338 g/mol. The van der Waals surface area contributed by atoms with Gasteiger partial charge in [0.1, 0.15) is 11.4 Å². The number of fused-ring (bicyclic) bond motifs is 1. The van der Waals surface area contributed by atoms with E-state index in [2.05, 4.69) is 4.98 Å². The zero-order chi connectivity index (χ0) is 17.1. The third-order valence-corrected chi connectivity index (χ3v) is 4.95. The van der Waals surface area contributed by atoms with Crippen LogP contribution in [0.2, 0.25) is 0 Å². The van der Waals surface area contributed by atoms with Gasteiger partial charge < -0.3 is 14.4 Å². The normalized spacial score (nSPS) is 19.0. The minimum absolute atomic E-state index is 0.0878. The Morgan fingerprint density at radius 1 is 1.12 bits per heavy atom. The SMILES string of the molecule is O=C(Cc1ccccn1)N1Cc2ccccc2OC2(CCOCC2)C1. The van der Waals surface area contributed by atoms with Crippen LogP contribution in [-0.4, -0.2) is 41.2 Å². The Balaban J connectivity index is 1.61. The number of aromatic nitrogens is 1. The van der Waals surface area contributed by atoms with Gasteiger partial charge in [-0.15, -0.1) is 0 Å². The van der Waals surface area contributed by atoms with Gasteiger partial charge in [-0.1, -0.05) is 24.3 Å². The average Bonchev–Trinajstić information content (AvgIpc) is 2.80. The van der Waals surface area contributed by atoms with Crippen molar-refractivity contribution in [1.82, 2.24) is 9.88 Å². The number of ether oxygens (including phenoxy) is 2. The first kappa shape index (κ1) is 16.1. The number of hydrogen-bond acceptors (Lipinski definition) is 4. The molecule has 0 radical (unpaired) electrons. The molecule has 1 spiro atoms. The van der Waals surface area contributed by atoms with Crippen LogP contribution in [0.3, 0.4) is 0 Å². The second-order valence-corrected chi connectivity index (χ2v) is 6.75. The molecule has 130 valence electrons. The first-order valence-corrected chi connectivity index (χ1v) is 8.76. The number of nitrogens with zero attached hydrogens (tertiary/aromatic N) is 2. The summed E-state index contributed by atoms with van der Waals surface area (Å²) in [4.78, 5) is 19.2. The summed E-state index contributed by atoms with van der Waals surface area (Å²) in [5.74, 6) is 0.974. The first-order chi connectivity index (χ1) is 12.2. The van der Waals surface area contributed by atoms with Crippen LogP contribution < -0.4 is 4.74 Å². The average molecular weight is 338 g/mol. The van der Waals surface area contributed by atoms with E-state index < -0.39 is 0 Å². The lowest BCUT2D eigenvalue weighted by atomic mass is 9.93. The molecular formula is C20H22N2O3.